The predicted molar refractivity (Wildman–Crippen MR) is 90.0 cm³/mol. The molecular formula is C18H19N3O2. The highest BCUT2D eigenvalue weighted by molar-refractivity contribution is 5.97. The highest BCUT2D eigenvalue weighted by Crippen LogP contribution is 2.21. The van der Waals surface area contributed by atoms with Gasteiger partial charge in [0.25, 0.3) is 5.91 Å². The third-order valence-electron chi connectivity index (χ3n) is 3.58. The molecule has 5 heteroatoms. The number of aryl methyl sites for hydroxylation is 1. The van der Waals surface area contributed by atoms with E-state index in [1.807, 2.05) is 30.3 Å². The summed E-state index contributed by atoms with van der Waals surface area (Å²) < 4.78 is 5.73. The van der Waals surface area contributed by atoms with Crippen molar-refractivity contribution in [3.63, 3.8) is 0 Å². The second-order valence-electron chi connectivity index (χ2n) is 5.45. The lowest BCUT2D eigenvalue weighted by molar-refractivity contribution is 0.0950. The van der Waals surface area contributed by atoms with Gasteiger partial charge in [-0.25, -0.2) is 4.98 Å². The van der Waals surface area contributed by atoms with Crippen LogP contribution in [0, 0.1) is 0 Å². The van der Waals surface area contributed by atoms with Gasteiger partial charge in [0, 0.05) is 17.4 Å². The Bertz CT molecular complexity index is 839. The standard InChI is InChI=1S/C18H19N3O2/c1-2-4-15-10-13-9-12(7-8-16(13)23-15)18(22)20-11-14-5-3-6-17(19)21-14/h3,5-10H,2,4,11H2,1H3,(H2,19,21)(H,20,22). The number of furan rings is 1. The first-order valence-corrected chi connectivity index (χ1v) is 7.68. The zero-order valence-corrected chi connectivity index (χ0v) is 13.0. The number of nitrogens with zero attached hydrogens (tertiary/aromatic N) is 1. The number of nitrogen functional groups attached to an aromatic ring is 1. The number of fused-ring (bicyclic) bond motifs is 1. The van der Waals surface area contributed by atoms with Crippen molar-refractivity contribution in [2.75, 3.05) is 5.73 Å². The zero-order chi connectivity index (χ0) is 16.2. The lowest BCUT2D eigenvalue weighted by atomic mass is 10.1. The molecule has 0 aliphatic carbocycles. The molecule has 0 fully saturated rings. The van der Waals surface area contributed by atoms with Crippen molar-refractivity contribution in [3.05, 3.63) is 59.5 Å². The minimum absolute atomic E-state index is 0.144. The maximum Gasteiger partial charge on any atom is 0.251 e. The van der Waals surface area contributed by atoms with Crippen LogP contribution in [0.1, 0.15) is 35.2 Å². The number of nitrogens with one attached hydrogen (secondary N) is 1. The lowest BCUT2D eigenvalue weighted by Gasteiger charge is -2.05. The average Bonchev–Trinajstić information content (AvgIpc) is 2.94. The molecule has 3 rings (SSSR count). The zero-order valence-electron chi connectivity index (χ0n) is 13.0. The molecule has 0 saturated carbocycles. The van der Waals surface area contributed by atoms with E-state index in [-0.39, 0.29) is 5.91 Å². The summed E-state index contributed by atoms with van der Waals surface area (Å²) >= 11 is 0. The summed E-state index contributed by atoms with van der Waals surface area (Å²) in [4.78, 5) is 16.4. The quantitative estimate of drug-likeness (QED) is 0.757. The molecule has 1 amide bonds. The molecule has 0 saturated heterocycles. The fraction of sp³-hybridized carbons (Fsp3) is 0.222. The number of carbonyl (C=O) groups excluding carboxylic acids is 1. The number of anilines is 1. The Kier molecular flexibility index (Phi) is 4.28. The maximum atomic E-state index is 12.3. The van der Waals surface area contributed by atoms with Crippen LogP contribution < -0.4 is 11.1 Å². The predicted octanol–water partition coefficient (Wildman–Crippen LogP) is 3.29. The molecule has 3 aromatic rings. The van der Waals surface area contributed by atoms with E-state index in [0.717, 1.165) is 35.3 Å². The topological polar surface area (TPSA) is 81.2 Å². The van der Waals surface area contributed by atoms with Crippen molar-refractivity contribution in [2.45, 2.75) is 26.3 Å². The number of hydrogen-bond donors (Lipinski definition) is 2. The van der Waals surface area contributed by atoms with Crippen LogP contribution in [0.3, 0.4) is 0 Å². The molecule has 5 nitrogen and oxygen atoms in total. The van der Waals surface area contributed by atoms with Gasteiger partial charge in [0.05, 0.1) is 12.2 Å². The highest BCUT2D eigenvalue weighted by atomic mass is 16.3. The van der Waals surface area contributed by atoms with Crippen molar-refractivity contribution >= 4 is 22.7 Å². The Labute approximate surface area is 134 Å². The second-order valence-corrected chi connectivity index (χ2v) is 5.45. The fourth-order valence-corrected chi connectivity index (χ4v) is 2.48. The lowest BCUT2D eigenvalue weighted by Crippen LogP contribution is -2.23. The molecule has 0 spiro atoms. The monoisotopic (exact) mass is 309 g/mol. The minimum atomic E-state index is -0.144. The smallest absolute Gasteiger partial charge is 0.251 e. The van der Waals surface area contributed by atoms with Crippen molar-refractivity contribution < 1.29 is 9.21 Å². The van der Waals surface area contributed by atoms with Gasteiger partial charge in [-0.15, -0.1) is 0 Å². The van der Waals surface area contributed by atoms with E-state index in [2.05, 4.69) is 17.2 Å². The van der Waals surface area contributed by atoms with Crippen LogP contribution in [0.15, 0.2) is 46.9 Å². The first-order chi connectivity index (χ1) is 11.2. The van der Waals surface area contributed by atoms with E-state index in [4.69, 9.17) is 10.2 Å². The number of rotatable bonds is 5. The van der Waals surface area contributed by atoms with Gasteiger partial charge in [0.2, 0.25) is 0 Å². The third-order valence-corrected chi connectivity index (χ3v) is 3.58. The van der Waals surface area contributed by atoms with E-state index in [1.54, 1.807) is 12.1 Å². The number of nitrogens with two attached hydrogens (primary N) is 1. The molecule has 0 unspecified atom stereocenters. The van der Waals surface area contributed by atoms with Crippen LogP contribution in [0.4, 0.5) is 5.82 Å². The first kappa shape index (κ1) is 15.1. The summed E-state index contributed by atoms with van der Waals surface area (Å²) in [5, 5.41) is 3.80. The summed E-state index contributed by atoms with van der Waals surface area (Å²) in [7, 11) is 0. The van der Waals surface area contributed by atoms with E-state index in [0.29, 0.717) is 17.9 Å². The summed E-state index contributed by atoms with van der Waals surface area (Å²) in [6.45, 7) is 2.45. The van der Waals surface area contributed by atoms with Crippen LogP contribution in [0.25, 0.3) is 11.0 Å². The van der Waals surface area contributed by atoms with Gasteiger partial charge in [-0.1, -0.05) is 13.0 Å². The molecule has 118 valence electrons. The fourth-order valence-electron chi connectivity index (χ4n) is 2.48. The number of carbonyl (C=O) groups is 1. The minimum Gasteiger partial charge on any atom is -0.461 e. The second kappa shape index (κ2) is 6.52. The number of hydrogen-bond acceptors (Lipinski definition) is 4. The van der Waals surface area contributed by atoms with E-state index < -0.39 is 0 Å². The van der Waals surface area contributed by atoms with Gasteiger partial charge >= 0.3 is 0 Å². The maximum absolute atomic E-state index is 12.3. The first-order valence-electron chi connectivity index (χ1n) is 7.68. The molecule has 0 aliphatic rings. The van der Waals surface area contributed by atoms with Crippen LogP contribution in [-0.4, -0.2) is 10.9 Å². The van der Waals surface area contributed by atoms with Crippen LogP contribution in [-0.2, 0) is 13.0 Å². The van der Waals surface area contributed by atoms with E-state index in [9.17, 15) is 4.79 Å². The molecule has 1 aromatic carbocycles. The highest BCUT2D eigenvalue weighted by Gasteiger charge is 2.09. The number of benzene rings is 1. The van der Waals surface area contributed by atoms with E-state index in [1.165, 1.54) is 0 Å². The van der Waals surface area contributed by atoms with Gasteiger partial charge in [0.15, 0.2) is 0 Å². The average molecular weight is 309 g/mol. The van der Waals surface area contributed by atoms with Gasteiger partial charge in [-0.3, -0.25) is 4.79 Å². The Morgan fingerprint density at radius 1 is 1.26 bits per heavy atom. The number of amides is 1. The molecule has 0 radical (unpaired) electrons. The number of pyridine rings is 1. The normalized spacial score (nSPS) is 10.8. The Morgan fingerprint density at radius 2 is 2.13 bits per heavy atom. The molecule has 2 aromatic heterocycles. The van der Waals surface area contributed by atoms with E-state index >= 15 is 0 Å². The number of aromatic nitrogens is 1. The molecule has 0 aliphatic heterocycles. The summed E-state index contributed by atoms with van der Waals surface area (Å²) in [5.41, 5.74) is 7.77. The summed E-state index contributed by atoms with van der Waals surface area (Å²) in [6.07, 6.45) is 1.93. The molecule has 2 heterocycles. The van der Waals surface area contributed by atoms with Crippen molar-refractivity contribution in [1.82, 2.24) is 10.3 Å². The van der Waals surface area contributed by atoms with Crippen LogP contribution >= 0.6 is 0 Å². The largest absolute Gasteiger partial charge is 0.461 e. The van der Waals surface area contributed by atoms with Gasteiger partial charge in [0.1, 0.15) is 17.2 Å². The Morgan fingerprint density at radius 3 is 2.91 bits per heavy atom. The van der Waals surface area contributed by atoms with Gasteiger partial charge in [-0.2, -0.15) is 0 Å². The van der Waals surface area contributed by atoms with Crippen molar-refractivity contribution in [1.29, 1.82) is 0 Å². The van der Waals surface area contributed by atoms with Gasteiger partial charge in [-0.05, 0) is 42.8 Å². The van der Waals surface area contributed by atoms with Crippen LogP contribution in [0.5, 0.6) is 0 Å². The molecular weight excluding hydrogens is 290 g/mol. The molecule has 0 atom stereocenters. The van der Waals surface area contributed by atoms with Crippen molar-refractivity contribution in [2.24, 2.45) is 0 Å². The Balaban J connectivity index is 1.72. The summed E-state index contributed by atoms with van der Waals surface area (Å²) in [6, 6.07) is 12.8. The molecule has 23 heavy (non-hydrogen) atoms. The molecule has 0 bridgehead atoms. The third kappa shape index (κ3) is 3.51. The molecule has 3 N–H and O–H groups in total. The SMILES string of the molecule is CCCc1cc2cc(C(=O)NCc3cccc(N)n3)ccc2o1. The van der Waals surface area contributed by atoms with Crippen molar-refractivity contribution in [3.8, 4) is 0 Å². The van der Waals surface area contributed by atoms with Crippen LogP contribution in [0.2, 0.25) is 0 Å². The van der Waals surface area contributed by atoms with Gasteiger partial charge < -0.3 is 15.5 Å². The Hall–Kier alpha value is -2.82. The summed E-state index contributed by atoms with van der Waals surface area (Å²) in [5.74, 6) is 1.25.